The van der Waals surface area contributed by atoms with E-state index in [-0.39, 0.29) is 41.4 Å². The van der Waals surface area contributed by atoms with Crippen LogP contribution in [0, 0.1) is 0 Å². The second kappa shape index (κ2) is 16.7. The minimum Gasteiger partial charge on any atom is -0.748 e. The van der Waals surface area contributed by atoms with E-state index >= 15 is 0 Å². The van der Waals surface area contributed by atoms with Gasteiger partial charge in [0.1, 0.15) is 0 Å². The van der Waals surface area contributed by atoms with Crippen molar-refractivity contribution in [2.24, 2.45) is 0 Å². The molecule has 4 nitrogen and oxygen atoms in total. The first-order valence-corrected chi connectivity index (χ1v) is 10.1. The van der Waals surface area contributed by atoms with Crippen LogP contribution in [-0.4, -0.2) is 29.9 Å². The Morgan fingerprint density at radius 2 is 1.23 bits per heavy atom. The normalized spacial score (nSPS) is 12.9. The molecule has 0 aliphatic rings. The second-order valence-electron chi connectivity index (χ2n) is 6.03. The van der Waals surface area contributed by atoms with Gasteiger partial charge >= 0.3 is 29.6 Å². The van der Waals surface area contributed by atoms with E-state index in [1.54, 1.807) is 0 Å². The van der Waals surface area contributed by atoms with Crippen molar-refractivity contribution in [1.29, 1.82) is 0 Å². The Morgan fingerprint density at radius 3 is 1.64 bits per heavy atom. The number of aliphatic hydroxyl groups is 1. The maximum atomic E-state index is 10.4. The van der Waals surface area contributed by atoms with Gasteiger partial charge in [0.05, 0.1) is 16.2 Å². The summed E-state index contributed by atoms with van der Waals surface area (Å²) in [6, 6.07) is 0. The third-order valence-corrected chi connectivity index (χ3v) is 4.59. The zero-order valence-electron chi connectivity index (χ0n) is 14.6. The standard InChI is InChI=1S/C16H34O4S.Na/c1-2-13-16(17)14-11-9-7-5-3-4-6-8-10-12-15-21(18,19)20;/h16-17H,2-15H2,1H3,(H,18,19,20);/q;+1/p-1. The van der Waals surface area contributed by atoms with Crippen molar-refractivity contribution in [3.05, 3.63) is 0 Å². The molecule has 22 heavy (non-hydrogen) atoms. The predicted molar refractivity (Wildman–Crippen MR) is 86.3 cm³/mol. The molecule has 6 heteroatoms. The fourth-order valence-corrected chi connectivity index (χ4v) is 3.11. The Kier molecular flexibility index (Phi) is 19.1. The molecule has 0 fully saturated rings. The van der Waals surface area contributed by atoms with E-state index in [0.717, 1.165) is 44.9 Å². The van der Waals surface area contributed by atoms with Gasteiger partial charge in [0.15, 0.2) is 0 Å². The van der Waals surface area contributed by atoms with Gasteiger partial charge in [-0.2, -0.15) is 0 Å². The Bertz CT molecular complexity index is 320. The molecule has 0 amide bonds. The Hall–Kier alpha value is 0.870. The summed E-state index contributed by atoms with van der Waals surface area (Å²) in [5, 5.41) is 9.59. The molecule has 1 unspecified atom stereocenters. The van der Waals surface area contributed by atoms with Crippen molar-refractivity contribution >= 4 is 10.1 Å². The van der Waals surface area contributed by atoms with E-state index in [1.165, 1.54) is 32.1 Å². The van der Waals surface area contributed by atoms with Crippen LogP contribution < -0.4 is 29.6 Å². The first kappa shape index (κ1) is 25.1. The van der Waals surface area contributed by atoms with Gasteiger partial charge in [-0.1, -0.05) is 71.1 Å². The van der Waals surface area contributed by atoms with Crippen molar-refractivity contribution in [2.45, 2.75) is 96.5 Å². The quantitative estimate of drug-likeness (QED) is 0.273. The Morgan fingerprint density at radius 1 is 0.818 bits per heavy atom. The van der Waals surface area contributed by atoms with Gasteiger partial charge < -0.3 is 9.66 Å². The van der Waals surface area contributed by atoms with Gasteiger partial charge in [-0.05, 0) is 19.3 Å². The molecule has 128 valence electrons. The maximum absolute atomic E-state index is 10.4. The van der Waals surface area contributed by atoms with Gasteiger partial charge in [0, 0.05) is 5.75 Å². The molecule has 0 rings (SSSR count). The molecule has 0 aromatic heterocycles. The maximum Gasteiger partial charge on any atom is 1.00 e. The first-order valence-electron chi connectivity index (χ1n) is 8.57. The van der Waals surface area contributed by atoms with E-state index in [9.17, 15) is 18.1 Å². The fourth-order valence-electron chi connectivity index (χ4n) is 2.55. The van der Waals surface area contributed by atoms with Crippen molar-refractivity contribution in [3.63, 3.8) is 0 Å². The number of rotatable bonds is 15. The summed E-state index contributed by atoms with van der Waals surface area (Å²) >= 11 is 0. The summed E-state index contributed by atoms with van der Waals surface area (Å²) in [7, 11) is -4.01. The third-order valence-electron chi connectivity index (χ3n) is 3.80. The van der Waals surface area contributed by atoms with Crippen molar-refractivity contribution < 1.29 is 47.6 Å². The van der Waals surface area contributed by atoms with Gasteiger partial charge in [0.2, 0.25) is 0 Å². The Balaban J connectivity index is 0. The molecule has 1 atom stereocenters. The van der Waals surface area contributed by atoms with Gasteiger partial charge in [-0.15, -0.1) is 0 Å². The van der Waals surface area contributed by atoms with Crippen LogP contribution in [-0.2, 0) is 10.1 Å². The van der Waals surface area contributed by atoms with Crippen LogP contribution >= 0.6 is 0 Å². The van der Waals surface area contributed by atoms with Crippen LogP contribution in [0.2, 0.25) is 0 Å². The third kappa shape index (κ3) is 20.9. The van der Waals surface area contributed by atoms with Crippen LogP contribution in [0.1, 0.15) is 90.4 Å². The van der Waals surface area contributed by atoms with Crippen LogP contribution in [0.5, 0.6) is 0 Å². The summed E-state index contributed by atoms with van der Waals surface area (Å²) in [6.07, 6.45) is 13.6. The van der Waals surface area contributed by atoms with Crippen LogP contribution in [0.4, 0.5) is 0 Å². The molecule has 0 aliphatic heterocycles. The minimum atomic E-state index is -4.01. The average molecular weight is 344 g/mol. The molecule has 0 heterocycles. The van der Waals surface area contributed by atoms with E-state index in [1.807, 2.05) is 0 Å². The van der Waals surface area contributed by atoms with Crippen molar-refractivity contribution in [2.75, 3.05) is 5.75 Å². The van der Waals surface area contributed by atoms with Crippen molar-refractivity contribution in [3.8, 4) is 0 Å². The summed E-state index contributed by atoms with van der Waals surface area (Å²) in [5.74, 6) is -0.211. The second-order valence-corrected chi connectivity index (χ2v) is 7.55. The van der Waals surface area contributed by atoms with Crippen LogP contribution in [0.25, 0.3) is 0 Å². The zero-order valence-corrected chi connectivity index (χ0v) is 17.4. The monoisotopic (exact) mass is 344 g/mol. The fraction of sp³-hybridized carbons (Fsp3) is 1.00. The Labute approximate surface area is 159 Å². The van der Waals surface area contributed by atoms with Gasteiger partial charge in [-0.25, -0.2) is 8.42 Å². The SMILES string of the molecule is CCCC(O)CCCCCCCCCCCCS(=O)(=O)[O-].[Na+]. The largest absolute Gasteiger partial charge is 1.00 e. The number of aliphatic hydroxyl groups excluding tert-OH is 1. The molecular weight excluding hydrogens is 311 g/mol. The zero-order chi connectivity index (χ0) is 16.0. The number of hydrogen-bond donors (Lipinski definition) is 1. The van der Waals surface area contributed by atoms with Crippen LogP contribution in [0.15, 0.2) is 0 Å². The van der Waals surface area contributed by atoms with Gasteiger partial charge in [-0.3, -0.25) is 0 Å². The minimum absolute atomic E-state index is 0. The molecule has 0 spiro atoms. The molecule has 0 aromatic carbocycles. The van der Waals surface area contributed by atoms with Gasteiger partial charge in [0.25, 0.3) is 0 Å². The molecule has 0 aromatic rings. The van der Waals surface area contributed by atoms with E-state index < -0.39 is 10.1 Å². The first-order chi connectivity index (χ1) is 9.95. The van der Waals surface area contributed by atoms with E-state index in [2.05, 4.69) is 6.92 Å². The summed E-state index contributed by atoms with van der Waals surface area (Å²) < 4.78 is 31.2. The molecule has 0 aliphatic carbocycles. The smallest absolute Gasteiger partial charge is 0.748 e. The van der Waals surface area contributed by atoms with E-state index in [0.29, 0.717) is 6.42 Å². The summed E-state index contributed by atoms with van der Waals surface area (Å²) in [4.78, 5) is 0. The molecular formula is C16H33NaO4S. The molecule has 0 saturated heterocycles. The summed E-state index contributed by atoms with van der Waals surface area (Å²) in [6.45, 7) is 2.10. The van der Waals surface area contributed by atoms with E-state index in [4.69, 9.17) is 0 Å². The number of hydrogen-bond acceptors (Lipinski definition) is 4. The van der Waals surface area contributed by atoms with Crippen LogP contribution in [0.3, 0.4) is 0 Å². The topological polar surface area (TPSA) is 77.4 Å². The molecule has 1 N–H and O–H groups in total. The summed E-state index contributed by atoms with van der Waals surface area (Å²) in [5.41, 5.74) is 0. The molecule has 0 radical (unpaired) electrons. The molecule has 0 saturated carbocycles. The number of unbranched alkanes of at least 4 members (excludes halogenated alkanes) is 9. The van der Waals surface area contributed by atoms with Crippen molar-refractivity contribution in [1.82, 2.24) is 0 Å². The average Bonchev–Trinajstić information content (AvgIpc) is 2.39. The molecule has 0 bridgehead atoms. The predicted octanol–water partition coefficient (Wildman–Crippen LogP) is 0.988.